The van der Waals surface area contributed by atoms with Crippen LogP contribution in [0.2, 0.25) is 0 Å². The zero-order valence-corrected chi connectivity index (χ0v) is 14.6. The summed E-state index contributed by atoms with van der Waals surface area (Å²) in [5, 5.41) is 10.00. The van der Waals surface area contributed by atoms with Crippen molar-refractivity contribution in [2.75, 3.05) is 19.6 Å². The third-order valence-electron chi connectivity index (χ3n) is 6.45. The molecule has 26 heavy (non-hydrogen) atoms. The lowest BCUT2D eigenvalue weighted by atomic mass is 9.66. The van der Waals surface area contributed by atoms with E-state index in [1.54, 1.807) is 0 Å². The number of hydrogen-bond donors (Lipinski definition) is 1. The van der Waals surface area contributed by atoms with Crippen LogP contribution in [-0.2, 0) is 0 Å². The summed E-state index contributed by atoms with van der Waals surface area (Å²) in [5.74, 6) is 2.89. The van der Waals surface area contributed by atoms with Crippen LogP contribution in [0.3, 0.4) is 0 Å². The maximum atomic E-state index is 6.33. The van der Waals surface area contributed by atoms with E-state index in [-0.39, 0.29) is 0 Å². The maximum absolute atomic E-state index is 6.33. The van der Waals surface area contributed by atoms with Gasteiger partial charge >= 0.3 is 0 Å². The molecule has 5 atom stereocenters. The summed E-state index contributed by atoms with van der Waals surface area (Å²) in [6.45, 7) is 3.69. The summed E-state index contributed by atoms with van der Waals surface area (Å²) >= 11 is 0. The molecule has 5 heteroatoms. The van der Waals surface area contributed by atoms with Gasteiger partial charge in [0.15, 0.2) is 0 Å². The Hall–Kier alpha value is -2.40. The molecule has 0 amide bonds. The van der Waals surface area contributed by atoms with E-state index in [1.165, 1.54) is 37.9 Å². The van der Waals surface area contributed by atoms with Crippen molar-refractivity contribution in [3.8, 4) is 17.1 Å². The van der Waals surface area contributed by atoms with Gasteiger partial charge in [-0.15, -0.1) is 10.2 Å². The minimum absolute atomic E-state index is 0.319. The van der Waals surface area contributed by atoms with Crippen LogP contribution in [0, 0.1) is 17.8 Å². The molecule has 4 bridgehead atoms. The standard InChI is InChI=1S/C21H22N4O/c1-2-18-15(5-6-22-18)9-14(1)19-3-4-20(24-23-19)26-21-16-7-13-8-17(21)12-25(10-13)11-16/h1-6,9,13,16-17,21-22H,7-8,10-12H2/t13?,16-,17?,21?/m1/s1. The molecule has 0 radical (unpaired) electrons. The van der Waals surface area contributed by atoms with E-state index in [1.807, 2.05) is 18.3 Å². The average Bonchev–Trinajstić information content (AvgIpc) is 3.12. The molecule has 1 aliphatic carbocycles. The van der Waals surface area contributed by atoms with Gasteiger partial charge in [0.25, 0.3) is 0 Å². The van der Waals surface area contributed by atoms with E-state index < -0.39 is 0 Å². The summed E-state index contributed by atoms with van der Waals surface area (Å²) in [5.41, 5.74) is 3.11. The van der Waals surface area contributed by atoms with Crippen LogP contribution < -0.4 is 4.74 Å². The summed E-state index contributed by atoms with van der Waals surface area (Å²) in [6, 6.07) is 12.4. The van der Waals surface area contributed by atoms with Gasteiger partial charge in [-0.05, 0) is 43.0 Å². The summed E-state index contributed by atoms with van der Waals surface area (Å²) in [7, 11) is 0. The molecule has 4 unspecified atom stereocenters. The molecule has 0 spiro atoms. The van der Waals surface area contributed by atoms with Crippen molar-refractivity contribution >= 4 is 10.9 Å². The highest BCUT2D eigenvalue weighted by Gasteiger charge is 2.48. The van der Waals surface area contributed by atoms with E-state index in [4.69, 9.17) is 4.74 Å². The Labute approximate surface area is 152 Å². The first kappa shape index (κ1) is 14.7. The molecule has 7 rings (SSSR count). The molecule has 1 N–H and O–H groups in total. The highest BCUT2D eigenvalue weighted by Crippen LogP contribution is 2.44. The first-order valence-electron chi connectivity index (χ1n) is 9.62. The van der Waals surface area contributed by atoms with E-state index in [0.29, 0.717) is 23.8 Å². The van der Waals surface area contributed by atoms with Gasteiger partial charge in [-0.1, -0.05) is 6.07 Å². The molecule has 4 fully saturated rings. The molecule has 2 aromatic heterocycles. The van der Waals surface area contributed by atoms with Gasteiger partial charge in [-0.25, -0.2) is 0 Å². The Morgan fingerprint density at radius 3 is 2.62 bits per heavy atom. The Kier molecular flexibility index (Phi) is 3.14. The van der Waals surface area contributed by atoms with Gasteiger partial charge in [-0.3, -0.25) is 0 Å². The van der Waals surface area contributed by atoms with Gasteiger partial charge in [0, 0.05) is 60.2 Å². The normalized spacial score (nSPS) is 32.2. The molecular formula is C21H22N4O. The lowest BCUT2D eigenvalue weighted by Crippen LogP contribution is -2.61. The van der Waals surface area contributed by atoms with Crippen molar-refractivity contribution in [3.05, 3.63) is 42.6 Å². The van der Waals surface area contributed by atoms with E-state index in [0.717, 1.165) is 22.7 Å². The summed E-state index contributed by atoms with van der Waals surface area (Å²) in [6.07, 6.45) is 4.91. The second-order valence-corrected chi connectivity index (χ2v) is 8.20. The number of nitrogens with one attached hydrogen (secondary N) is 1. The Morgan fingerprint density at radius 2 is 1.85 bits per heavy atom. The topological polar surface area (TPSA) is 54.0 Å². The van der Waals surface area contributed by atoms with Crippen LogP contribution in [0.1, 0.15) is 12.8 Å². The van der Waals surface area contributed by atoms with Crippen molar-refractivity contribution in [3.63, 3.8) is 0 Å². The van der Waals surface area contributed by atoms with Crippen LogP contribution in [0.5, 0.6) is 5.88 Å². The highest BCUT2D eigenvalue weighted by molar-refractivity contribution is 5.84. The number of piperidine rings is 3. The van der Waals surface area contributed by atoms with Gasteiger partial charge in [-0.2, -0.15) is 0 Å². The van der Waals surface area contributed by atoms with Gasteiger partial charge in [0.05, 0.1) is 5.69 Å². The number of H-pyrrole nitrogens is 1. The number of nitrogens with zero attached hydrogens (tertiary/aromatic N) is 3. The number of hydrogen-bond acceptors (Lipinski definition) is 4. The number of fused-ring (bicyclic) bond motifs is 1. The van der Waals surface area contributed by atoms with E-state index in [9.17, 15) is 0 Å². The molecule has 3 saturated heterocycles. The zero-order chi connectivity index (χ0) is 17.1. The number of rotatable bonds is 3. The second kappa shape index (κ2) is 5.55. The van der Waals surface area contributed by atoms with Crippen molar-refractivity contribution < 1.29 is 4.74 Å². The van der Waals surface area contributed by atoms with Crippen molar-refractivity contribution in [2.45, 2.75) is 18.9 Å². The molecule has 3 aliphatic heterocycles. The third kappa shape index (κ3) is 2.34. The Balaban J connectivity index is 1.23. The van der Waals surface area contributed by atoms with Crippen molar-refractivity contribution in [2.24, 2.45) is 17.8 Å². The van der Waals surface area contributed by atoms with E-state index in [2.05, 4.69) is 44.3 Å². The van der Waals surface area contributed by atoms with Crippen LogP contribution in [-0.4, -0.2) is 45.8 Å². The SMILES string of the molecule is c1cc2cc(-c3ccc(OC4C5CC6C[C@@H]4CN(C6)C5)nn3)ccc2[nH]1. The number of aromatic nitrogens is 3. The fourth-order valence-corrected chi connectivity index (χ4v) is 5.44. The highest BCUT2D eigenvalue weighted by atomic mass is 16.5. The van der Waals surface area contributed by atoms with Gasteiger partial charge in [0.2, 0.25) is 5.88 Å². The predicted octanol–water partition coefficient (Wildman–Crippen LogP) is 3.34. The number of benzene rings is 1. The predicted molar refractivity (Wildman–Crippen MR) is 99.9 cm³/mol. The van der Waals surface area contributed by atoms with Crippen molar-refractivity contribution in [1.82, 2.24) is 20.1 Å². The molecule has 1 aromatic carbocycles. The average molecular weight is 346 g/mol. The fraction of sp³-hybridized carbons (Fsp3) is 0.429. The third-order valence-corrected chi connectivity index (χ3v) is 6.45. The Morgan fingerprint density at radius 1 is 0.962 bits per heavy atom. The second-order valence-electron chi connectivity index (χ2n) is 8.20. The smallest absolute Gasteiger partial charge is 0.233 e. The van der Waals surface area contributed by atoms with Crippen molar-refractivity contribution in [1.29, 1.82) is 0 Å². The molecule has 4 aliphatic rings. The maximum Gasteiger partial charge on any atom is 0.233 e. The van der Waals surface area contributed by atoms with Gasteiger partial charge in [0.1, 0.15) is 6.10 Å². The summed E-state index contributed by atoms with van der Waals surface area (Å²) < 4.78 is 6.33. The summed E-state index contributed by atoms with van der Waals surface area (Å²) in [4.78, 5) is 5.84. The molecule has 132 valence electrons. The van der Waals surface area contributed by atoms with Crippen LogP contribution in [0.15, 0.2) is 42.6 Å². The molecular weight excluding hydrogens is 324 g/mol. The molecule has 3 aromatic rings. The fourth-order valence-electron chi connectivity index (χ4n) is 5.44. The van der Waals surface area contributed by atoms with Gasteiger partial charge < -0.3 is 14.6 Å². The minimum Gasteiger partial charge on any atom is -0.473 e. The first-order chi connectivity index (χ1) is 12.8. The zero-order valence-electron chi connectivity index (χ0n) is 14.6. The quantitative estimate of drug-likeness (QED) is 0.790. The largest absolute Gasteiger partial charge is 0.473 e. The molecule has 5 nitrogen and oxygen atoms in total. The van der Waals surface area contributed by atoms with Crippen LogP contribution >= 0.6 is 0 Å². The van der Waals surface area contributed by atoms with Crippen LogP contribution in [0.25, 0.3) is 22.2 Å². The van der Waals surface area contributed by atoms with E-state index >= 15 is 0 Å². The lowest BCUT2D eigenvalue weighted by Gasteiger charge is -2.55. The molecule has 5 heterocycles. The minimum atomic E-state index is 0.319. The monoisotopic (exact) mass is 346 g/mol. The van der Waals surface area contributed by atoms with Crippen LogP contribution in [0.4, 0.5) is 0 Å². The Bertz CT molecular complexity index is 920. The number of ether oxygens (including phenoxy) is 1. The molecule has 1 saturated carbocycles. The lowest BCUT2D eigenvalue weighted by molar-refractivity contribution is -0.0999. The number of aromatic amines is 1. The first-order valence-corrected chi connectivity index (χ1v) is 9.62.